The number of nitrogens with one attached hydrogen (secondary N) is 1. The Balaban J connectivity index is 1.80. The van der Waals surface area contributed by atoms with E-state index in [1.807, 2.05) is 24.3 Å². The fourth-order valence-electron chi connectivity index (χ4n) is 3.31. The molecule has 1 saturated carbocycles. The van der Waals surface area contributed by atoms with E-state index in [1.165, 1.54) is 12.8 Å². The maximum atomic E-state index is 12.7. The molecular formula is C21H23NO2. The summed E-state index contributed by atoms with van der Waals surface area (Å²) < 4.78 is 0. The Labute approximate surface area is 143 Å². The molecule has 3 heteroatoms. The van der Waals surface area contributed by atoms with Gasteiger partial charge in [0.25, 0.3) is 5.91 Å². The number of carbonyl (C=O) groups excluding carboxylic acids is 2. The molecule has 0 saturated heterocycles. The predicted octanol–water partition coefficient (Wildman–Crippen LogP) is 4.37. The summed E-state index contributed by atoms with van der Waals surface area (Å²) in [5.41, 5.74) is 1.54. The smallest absolute Gasteiger partial charge is 0.252 e. The molecule has 1 fully saturated rings. The van der Waals surface area contributed by atoms with Crippen LogP contribution in [0.5, 0.6) is 0 Å². The van der Waals surface area contributed by atoms with Gasteiger partial charge in [-0.2, -0.15) is 0 Å². The molecule has 1 aliphatic carbocycles. The van der Waals surface area contributed by atoms with Crippen LogP contribution in [0.4, 0.5) is 0 Å². The lowest BCUT2D eigenvalue weighted by molar-refractivity contribution is 0.0923. The Bertz CT molecular complexity index is 701. The van der Waals surface area contributed by atoms with Crippen LogP contribution in [0.15, 0.2) is 54.6 Å². The lowest BCUT2D eigenvalue weighted by Gasteiger charge is -2.17. The number of amides is 1. The SMILES string of the molecule is O=C(NC1CCCCCC1)c1ccccc1C(=O)c1ccccc1. The topological polar surface area (TPSA) is 46.2 Å². The van der Waals surface area contributed by atoms with Gasteiger partial charge in [-0.25, -0.2) is 0 Å². The summed E-state index contributed by atoms with van der Waals surface area (Å²) >= 11 is 0. The van der Waals surface area contributed by atoms with Crippen LogP contribution >= 0.6 is 0 Å². The van der Waals surface area contributed by atoms with Crippen molar-refractivity contribution in [3.05, 3.63) is 71.3 Å². The maximum absolute atomic E-state index is 12.7. The van der Waals surface area contributed by atoms with Gasteiger partial charge in [0.05, 0.1) is 5.56 Å². The first-order valence-electron chi connectivity index (χ1n) is 8.75. The van der Waals surface area contributed by atoms with Gasteiger partial charge in [-0.15, -0.1) is 0 Å². The molecule has 0 atom stereocenters. The number of rotatable bonds is 4. The van der Waals surface area contributed by atoms with E-state index in [4.69, 9.17) is 0 Å². The zero-order chi connectivity index (χ0) is 16.8. The van der Waals surface area contributed by atoms with E-state index in [9.17, 15) is 9.59 Å². The fraction of sp³-hybridized carbons (Fsp3) is 0.333. The van der Waals surface area contributed by atoms with Gasteiger partial charge in [0.1, 0.15) is 0 Å². The largest absolute Gasteiger partial charge is 0.349 e. The summed E-state index contributed by atoms with van der Waals surface area (Å²) in [6.07, 6.45) is 6.87. The van der Waals surface area contributed by atoms with Crippen molar-refractivity contribution in [1.29, 1.82) is 0 Å². The van der Waals surface area contributed by atoms with Gasteiger partial charge in [0, 0.05) is 17.2 Å². The minimum absolute atomic E-state index is 0.109. The number of hydrogen-bond donors (Lipinski definition) is 1. The van der Waals surface area contributed by atoms with E-state index < -0.39 is 0 Å². The van der Waals surface area contributed by atoms with Crippen LogP contribution in [-0.2, 0) is 0 Å². The normalized spacial score (nSPS) is 15.5. The second kappa shape index (κ2) is 7.91. The number of benzene rings is 2. The Hall–Kier alpha value is -2.42. The van der Waals surface area contributed by atoms with Crippen molar-refractivity contribution in [1.82, 2.24) is 5.32 Å². The van der Waals surface area contributed by atoms with Gasteiger partial charge in [-0.3, -0.25) is 9.59 Å². The molecule has 1 aliphatic rings. The van der Waals surface area contributed by atoms with Crippen molar-refractivity contribution in [2.24, 2.45) is 0 Å². The molecule has 0 heterocycles. The van der Waals surface area contributed by atoms with Gasteiger partial charge in [0.15, 0.2) is 5.78 Å². The van der Waals surface area contributed by atoms with Crippen molar-refractivity contribution in [3.8, 4) is 0 Å². The summed E-state index contributed by atoms with van der Waals surface area (Å²) in [4.78, 5) is 25.5. The summed E-state index contributed by atoms with van der Waals surface area (Å²) in [5, 5.41) is 3.13. The third-order valence-corrected chi connectivity index (χ3v) is 4.64. The summed E-state index contributed by atoms with van der Waals surface area (Å²) in [6.45, 7) is 0. The molecule has 24 heavy (non-hydrogen) atoms. The van der Waals surface area contributed by atoms with Crippen molar-refractivity contribution in [2.75, 3.05) is 0 Å². The molecule has 0 bridgehead atoms. The highest BCUT2D eigenvalue weighted by Gasteiger charge is 2.20. The second-order valence-electron chi connectivity index (χ2n) is 6.40. The van der Waals surface area contributed by atoms with E-state index in [0.717, 1.165) is 25.7 Å². The zero-order valence-electron chi connectivity index (χ0n) is 13.8. The zero-order valence-corrected chi connectivity index (χ0v) is 13.8. The van der Waals surface area contributed by atoms with Crippen LogP contribution in [-0.4, -0.2) is 17.7 Å². The molecule has 1 amide bonds. The van der Waals surface area contributed by atoms with E-state index in [1.54, 1.807) is 30.3 Å². The standard InChI is InChI=1S/C21H23NO2/c23-20(16-10-4-3-5-11-16)18-14-8-9-15-19(18)21(24)22-17-12-6-1-2-7-13-17/h3-5,8-11,14-15,17H,1-2,6-7,12-13H2,(H,22,24). The lowest BCUT2D eigenvalue weighted by Crippen LogP contribution is -2.35. The van der Waals surface area contributed by atoms with Gasteiger partial charge >= 0.3 is 0 Å². The van der Waals surface area contributed by atoms with Gasteiger partial charge in [0.2, 0.25) is 0 Å². The molecule has 0 radical (unpaired) electrons. The van der Waals surface area contributed by atoms with Crippen LogP contribution in [0, 0.1) is 0 Å². The van der Waals surface area contributed by atoms with Gasteiger partial charge < -0.3 is 5.32 Å². The quantitative estimate of drug-likeness (QED) is 0.671. The van der Waals surface area contributed by atoms with Crippen LogP contribution in [0.2, 0.25) is 0 Å². The minimum atomic E-state index is -0.137. The van der Waals surface area contributed by atoms with Crippen molar-refractivity contribution >= 4 is 11.7 Å². The molecule has 0 unspecified atom stereocenters. The molecule has 3 nitrogen and oxygen atoms in total. The predicted molar refractivity (Wildman–Crippen MR) is 95.3 cm³/mol. The molecule has 0 spiro atoms. The van der Waals surface area contributed by atoms with Crippen LogP contribution in [0.1, 0.15) is 64.8 Å². The van der Waals surface area contributed by atoms with Crippen molar-refractivity contribution < 1.29 is 9.59 Å². The Morgan fingerprint density at radius 2 is 1.33 bits per heavy atom. The van der Waals surface area contributed by atoms with Crippen LogP contribution in [0.3, 0.4) is 0 Å². The highest BCUT2D eigenvalue weighted by molar-refractivity contribution is 6.15. The van der Waals surface area contributed by atoms with Crippen LogP contribution < -0.4 is 5.32 Å². The summed E-state index contributed by atoms with van der Waals surface area (Å²) in [6, 6.07) is 16.4. The first-order valence-corrected chi connectivity index (χ1v) is 8.75. The maximum Gasteiger partial charge on any atom is 0.252 e. The van der Waals surface area contributed by atoms with E-state index in [-0.39, 0.29) is 17.7 Å². The van der Waals surface area contributed by atoms with E-state index in [2.05, 4.69) is 5.32 Å². The highest BCUT2D eigenvalue weighted by Crippen LogP contribution is 2.19. The fourth-order valence-corrected chi connectivity index (χ4v) is 3.31. The highest BCUT2D eigenvalue weighted by atomic mass is 16.2. The van der Waals surface area contributed by atoms with Gasteiger partial charge in [-0.1, -0.05) is 74.2 Å². The molecular weight excluding hydrogens is 298 g/mol. The monoisotopic (exact) mass is 321 g/mol. The van der Waals surface area contributed by atoms with Gasteiger partial charge in [-0.05, 0) is 18.9 Å². The molecule has 2 aromatic rings. The van der Waals surface area contributed by atoms with Crippen molar-refractivity contribution in [2.45, 2.75) is 44.6 Å². The average molecular weight is 321 g/mol. The number of carbonyl (C=O) groups is 2. The lowest BCUT2D eigenvalue weighted by atomic mass is 9.97. The number of hydrogen-bond acceptors (Lipinski definition) is 2. The molecule has 1 N–H and O–H groups in total. The van der Waals surface area contributed by atoms with E-state index in [0.29, 0.717) is 16.7 Å². The Kier molecular flexibility index (Phi) is 5.42. The third-order valence-electron chi connectivity index (χ3n) is 4.64. The molecule has 0 aliphatic heterocycles. The molecule has 3 rings (SSSR count). The summed E-state index contributed by atoms with van der Waals surface area (Å²) in [7, 11) is 0. The van der Waals surface area contributed by atoms with Crippen LogP contribution in [0.25, 0.3) is 0 Å². The Morgan fingerprint density at radius 1 is 0.750 bits per heavy atom. The molecule has 124 valence electrons. The second-order valence-corrected chi connectivity index (χ2v) is 6.40. The van der Waals surface area contributed by atoms with Crippen molar-refractivity contribution in [3.63, 3.8) is 0 Å². The molecule has 0 aromatic heterocycles. The third kappa shape index (κ3) is 3.91. The first kappa shape index (κ1) is 16.4. The first-order chi connectivity index (χ1) is 11.8. The molecule has 2 aromatic carbocycles. The minimum Gasteiger partial charge on any atom is -0.349 e. The average Bonchev–Trinajstić information content (AvgIpc) is 2.90. The number of ketones is 1. The Morgan fingerprint density at radius 3 is 2.00 bits per heavy atom. The van der Waals surface area contributed by atoms with E-state index >= 15 is 0 Å². The summed E-state index contributed by atoms with van der Waals surface area (Å²) in [5.74, 6) is -0.246.